The van der Waals surface area contributed by atoms with Crippen LogP contribution in [0.3, 0.4) is 0 Å². The van der Waals surface area contributed by atoms with E-state index in [0.717, 1.165) is 16.7 Å². The van der Waals surface area contributed by atoms with Crippen LogP contribution in [0.4, 0.5) is 0 Å². The molecule has 7 aromatic rings. The maximum atomic E-state index is 11.9. The third-order valence-corrected chi connectivity index (χ3v) is 18.3. The highest BCUT2D eigenvalue weighted by Gasteiger charge is 2.63. The van der Waals surface area contributed by atoms with Crippen LogP contribution >= 0.6 is 0 Å². The van der Waals surface area contributed by atoms with Gasteiger partial charge in [0.1, 0.15) is 66.5 Å². The molecule has 3 aliphatic rings. The third-order valence-electron chi connectivity index (χ3n) is 13.9. The van der Waals surface area contributed by atoms with Gasteiger partial charge in [0.2, 0.25) is 0 Å². The highest BCUT2D eigenvalue weighted by atomic mass is 28.4. The summed E-state index contributed by atoms with van der Waals surface area (Å²) < 4.78 is 49.0. The van der Waals surface area contributed by atoms with Crippen LogP contribution < -0.4 is 28.4 Å². The number of hydrogen-bond acceptors (Lipinski definition) is 12. The summed E-state index contributed by atoms with van der Waals surface area (Å²) in [5, 5.41) is 55.6. The molecule has 0 fully saturated rings. The average Bonchev–Trinajstić information content (AvgIpc) is 3.33. The van der Waals surface area contributed by atoms with E-state index in [0.29, 0.717) is 45.1 Å². The normalized spacial score (nSPS) is 20.1. The third kappa shape index (κ3) is 8.69. The molecule has 0 saturated heterocycles. The van der Waals surface area contributed by atoms with E-state index in [-0.39, 0.29) is 71.5 Å². The second-order valence-corrected chi connectivity index (χ2v) is 24.4. The number of ether oxygens (including phenoxy) is 6. The maximum absolute atomic E-state index is 11.9. The molecule has 5 atom stereocenters. The molecule has 10 rings (SSSR count). The summed E-state index contributed by atoms with van der Waals surface area (Å²) in [5.41, 5.74) is 5.07. The van der Waals surface area contributed by atoms with Crippen molar-refractivity contribution >= 4 is 8.32 Å². The van der Waals surface area contributed by atoms with Crippen molar-refractivity contribution in [3.05, 3.63) is 190 Å². The number of hydrogen-bond donors (Lipinski definition) is 5. The molecule has 7 aromatic carbocycles. The summed E-state index contributed by atoms with van der Waals surface area (Å²) in [7, 11) is -2.84. The number of benzene rings is 7. The van der Waals surface area contributed by atoms with Crippen LogP contribution in [0.5, 0.6) is 57.5 Å². The first-order chi connectivity index (χ1) is 33.6. The van der Waals surface area contributed by atoms with Crippen molar-refractivity contribution in [3.63, 3.8) is 0 Å². The SMILES string of the molecule is CC(C)(C)[Si](C)(C)O[C@@H]1[C@@H]2c3c(OCc4ccccc4)cc(O)cc3O[C@@]1(c1ccc(OCc3ccccc3)c(OCc3ccccc3)c1)Oc1cc(O)c3c(c12)O[C@H](c1ccc(O)c(O)c1)[C@@H](O)C3. The average molecular weight is 961 g/mol. The Morgan fingerprint density at radius 2 is 1.17 bits per heavy atom. The standard InChI is InChI=1S/C57H56O12Si/c1-56(2,3)70(4,5)69-55-52-50-47(65-33-36-19-13-8-14-20-36)27-39(58)28-48(50)67-57(55,38-22-24-45(63-31-34-15-9-6-10-16-34)46(26-38)64-32-35-17-11-7-12-18-35)68-49-30-42(60)40-29-44(62)53(66-54(40)51(49)52)37-21-23-41(59)43(61)25-37/h6-28,30,44,52-53,55,58-62H,29,31-33H2,1-5H3/t44-,52+,53+,55+,57-/m0/s1. The van der Waals surface area contributed by atoms with Gasteiger partial charge < -0.3 is 58.4 Å². The molecule has 0 unspecified atom stereocenters. The van der Waals surface area contributed by atoms with E-state index < -0.39 is 38.3 Å². The van der Waals surface area contributed by atoms with Crippen LogP contribution in [-0.4, -0.2) is 46.1 Å². The number of aliphatic hydroxyl groups is 1. The second-order valence-electron chi connectivity index (χ2n) is 19.7. The Hall–Kier alpha value is -7.32. The van der Waals surface area contributed by atoms with Crippen molar-refractivity contribution in [1.82, 2.24) is 0 Å². The number of phenols is 4. The Balaban J connectivity index is 1.20. The smallest absolute Gasteiger partial charge is 0.304 e. The quantitative estimate of drug-likeness (QED) is 0.0549. The number of aliphatic hydroxyl groups excluding tert-OH is 1. The molecule has 0 radical (unpaired) electrons. The van der Waals surface area contributed by atoms with Crippen LogP contribution in [0.25, 0.3) is 0 Å². The molecule has 0 aliphatic carbocycles. The van der Waals surface area contributed by atoms with Gasteiger partial charge in [0.05, 0.1) is 12.0 Å². The molecule has 3 heterocycles. The van der Waals surface area contributed by atoms with Gasteiger partial charge in [0.25, 0.3) is 0 Å². The molecule has 70 heavy (non-hydrogen) atoms. The van der Waals surface area contributed by atoms with Crippen molar-refractivity contribution < 1.29 is 58.4 Å². The van der Waals surface area contributed by atoms with Gasteiger partial charge in [-0.1, -0.05) is 118 Å². The molecule has 3 aliphatic heterocycles. The van der Waals surface area contributed by atoms with Crippen molar-refractivity contribution in [3.8, 4) is 57.5 Å². The van der Waals surface area contributed by atoms with Gasteiger partial charge in [0, 0.05) is 46.9 Å². The summed E-state index contributed by atoms with van der Waals surface area (Å²) in [5.74, 6) is -1.75. The van der Waals surface area contributed by atoms with Crippen LogP contribution in [0.1, 0.15) is 77.3 Å². The lowest BCUT2D eigenvalue weighted by molar-refractivity contribution is -0.214. The Labute approximate surface area is 408 Å². The van der Waals surface area contributed by atoms with E-state index in [4.69, 9.17) is 32.8 Å². The first-order valence-corrected chi connectivity index (χ1v) is 26.3. The van der Waals surface area contributed by atoms with Crippen LogP contribution in [0, 0.1) is 0 Å². The fraction of sp³-hybridized carbons (Fsp3) is 0.263. The largest absolute Gasteiger partial charge is 0.508 e. The number of phenolic OH excluding ortho intramolecular Hbond substituents is 4. The first-order valence-electron chi connectivity index (χ1n) is 23.4. The van der Waals surface area contributed by atoms with Gasteiger partial charge in [-0.3, -0.25) is 0 Å². The summed E-state index contributed by atoms with van der Waals surface area (Å²) in [6.07, 6.45) is -3.24. The lowest BCUT2D eigenvalue weighted by Crippen LogP contribution is -2.62. The van der Waals surface area contributed by atoms with Crippen LogP contribution in [-0.2, 0) is 36.5 Å². The lowest BCUT2D eigenvalue weighted by atomic mass is 9.74. The van der Waals surface area contributed by atoms with Gasteiger partial charge in [-0.25, -0.2) is 0 Å². The molecular formula is C57H56O12Si. The maximum Gasteiger partial charge on any atom is 0.304 e. The Kier molecular flexibility index (Phi) is 12.1. The summed E-state index contributed by atoms with van der Waals surface area (Å²) in [6, 6.07) is 43.7. The van der Waals surface area contributed by atoms with Crippen molar-refractivity contribution in [2.45, 2.75) is 95.2 Å². The van der Waals surface area contributed by atoms with E-state index in [1.54, 1.807) is 12.1 Å². The predicted molar refractivity (Wildman–Crippen MR) is 265 cm³/mol. The van der Waals surface area contributed by atoms with Crippen LogP contribution in [0.15, 0.2) is 146 Å². The Morgan fingerprint density at radius 1 is 0.600 bits per heavy atom. The molecule has 0 aromatic heterocycles. The minimum Gasteiger partial charge on any atom is -0.508 e. The lowest BCUT2D eigenvalue weighted by Gasteiger charge is -2.55. The minimum absolute atomic E-state index is 0.0325. The summed E-state index contributed by atoms with van der Waals surface area (Å²) in [6.45, 7) is 11.4. The fourth-order valence-electron chi connectivity index (χ4n) is 9.23. The number of rotatable bonds is 13. The Bertz CT molecular complexity index is 3030. The highest BCUT2D eigenvalue weighted by Crippen LogP contribution is 2.64. The van der Waals surface area contributed by atoms with E-state index in [9.17, 15) is 25.5 Å². The molecule has 360 valence electrons. The topological polar surface area (TPSA) is 166 Å². The molecule has 12 nitrogen and oxygen atoms in total. The van der Waals surface area contributed by atoms with Gasteiger partial charge >= 0.3 is 5.79 Å². The zero-order valence-electron chi connectivity index (χ0n) is 39.6. The molecular weight excluding hydrogens is 905 g/mol. The monoisotopic (exact) mass is 960 g/mol. The van der Waals surface area contributed by atoms with Gasteiger partial charge in [-0.2, -0.15) is 0 Å². The summed E-state index contributed by atoms with van der Waals surface area (Å²) in [4.78, 5) is 0. The molecule has 0 amide bonds. The van der Waals surface area contributed by atoms with E-state index >= 15 is 0 Å². The minimum atomic E-state index is -2.84. The molecule has 0 saturated carbocycles. The zero-order chi connectivity index (χ0) is 49.0. The number of fused-ring (bicyclic) bond motifs is 8. The van der Waals surface area contributed by atoms with E-state index in [1.807, 2.05) is 109 Å². The molecule has 5 N–H and O–H groups in total. The highest BCUT2D eigenvalue weighted by molar-refractivity contribution is 6.74. The number of aromatic hydroxyl groups is 4. The van der Waals surface area contributed by atoms with Crippen molar-refractivity contribution in [2.24, 2.45) is 0 Å². The van der Waals surface area contributed by atoms with Gasteiger partial charge in [-0.15, -0.1) is 0 Å². The van der Waals surface area contributed by atoms with E-state index in [2.05, 4.69) is 33.9 Å². The van der Waals surface area contributed by atoms with Crippen molar-refractivity contribution in [1.29, 1.82) is 0 Å². The molecule has 0 spiro atoms. The zero-order valence-corrected chi connectivity index (χ0v) is 40.6. The van der Waals surface area contributed by atoms with Crippen molar-refractivity contribution in [2.75, 3.05) is 0 Å². The molecule has 2 bridgehead atoms. The first kappa shape index (κ1) is 46.4. The second kappa shape index (κ2) is 18.2. The van der Waals surface area contributed by atoms with E-state index in [1.165, 1.54) is 24.3 Å². The van der Waals surface area contributed by atoms with Crippen LogP contribution in [0.2, 0.25) is 18.1 Å². The van der Waals surface area contributed by atoms with Gasteiger partial charge in [-0.05, 0) is 70.7 Å². The van der Waals surface area contributed by atoms with Gasteiger partial charge in [0.15, 0.2) is 31.3 Å². The summed E-state index contributed by atoms with van der Waals surface area (Å²) >= 11 is 0. The Morgan fingerprint density at radius 3 is 1.76 bits per heavy atom. The molecule has 13 heteroatoms. The fourth-order valence-corrected chi connectivity index (χ4v) is 10.5. The predicted octanol–water partition coefficient (Wildman–Crippen LogP) is 11.4.